The van der Waals surface area contributed by atoms with Crippen molar-refractivity contribution in [2.45, 2.75) is 20.3 Å². The van der Waals surface area contributed by atoms with Crippen molar-refractivity contribution in [3.63, 3.8) is 0 Å². The van der Waals surface area contributed by atoms with E-state index in [1.807, 2.05) is 19.9 Å². The van der Waals surface area contributed by atoms with Crippen LogP contribution in [0.1, 0.15) is 20.3 Å². The SMILES string of the molecule is CCC(C)C(C#N)C(=O)OC. The highest BCUT2D eigenvalue weighted by molar-refractivity contribution is 5.75. The number of carbonyl (C=O) groups is 1. The van der Waals surface area contributed by atoms with Crippen LogP contribution < -0.4 is 0 Å². The first kappa shape index (κ1) is 9.96. The molecule has 0 rings (SSSR count). The Labute approximate surface area is 67.0 Å². The molecule has 11 heavy (non-hydrogen) atoms. The van der Waals surface area contributed by atoms with Crippen LogP contribution in [0.3, 0.4) is 0 Å². The third kappa shape index (κ3) is 2.58. The molecule has 2 atom stereocenters. The van der Waals surface area contributed by atoms with E-state index in [0.717, 1.165) is 6.42 Å². The van der Waals surface area contributed by atoms with Gasteiger partial charge in [0.05, 0.1) is 13.2 Å². The van der Waals surface area contributed by atoms with Crippen molar-refractivity contribution in [3.05, 3.63) is 0 Å². The van der Waals surface area contributed by atoms with Crippen LogP contribution in [0, 0.1) is 23.2 Å². The van der Waals surface area contributed by atoms with Crippen LogP contribution >= 0.6 is 0 Å². The van der Waals surface area contributed by atoms with Gasteiger partial charge in [-0.2, -0.15) is 5.26 Å². The van der Waals surface area contributed by atoms with Crippen molar-refractivity contribution in [2.75, 3.05) is 7.11 Å². The number of nitrogens with zero attached hydrogens (tertiary/aromatic N) is 1. The van der Waals surface area contributed by atoms with Crippen LogP contribution in [0.5, 0.6) is 0 Å². The van der Waals surface area contributed by atoms with E-state index in [1.54, 1.807) is 0 Å². The predicted molar refractivity (Wildman–Crippen MR) is 40.6 cm³/mol. The quantitative estimate of drug-likeness (QED) is 0.578. The van der Waals surface area contributed by atoms with Gasteiger partial charge in [-0.15, -0.1) is 0 Å². The summed E-state index contributed by atoms with van der Waals surface area (Å²) in [5.41, 5.74) is 0. The first-order valence-corrected chi connectivity index (χ1v) is 3.64. The van der Waals surface area contributed by atoms with Crippen molar-refractivity contribution in [3.8, 4) is 6.07 Å². The maximum atomic E-state index is 10.9. The maximum Gasteiger partial charge on any atom is 0.323 e. The highest BCUT2D eigenvalue weighted by atomic mass is 16.5. The number of esters is 1. The van der Waals surface area contributed by atoms with Gasteiger partial charge in [-0.25, -0.2) is 0 Å². The van der Waals surface area contributed by atoms with Gasteiger partial charge in [0.2, 0.25) is 0 Å². The number of carbonyl (C=O) groups excluding carboxylic acids is 1. The molecule has 0 aromatic rings. The number of methoxy groups -OCH3 is 1. The Bertz CT molecular complexity index is 171. The first-order chi connectivity index (χ1) is 5.17. The molecule has 0 saturated carbocycles. The van der Waals surface area contributed by atoms with Crippen molar-refractivity contribution >= 4 is 5.97 Å². The highest BCUT2D eigenvalue weighted by Crippen LogP contribution is 2.15. The molecule has 0 fully saturated rings. The molecule has 0 aliphatic rings. The van der Waals surface area contributed by atoms with E-state index >= 15 is 0 Å². The molecule has 0 saturated heterocycles. The second-order valence-electron chi connectivity index (χ2n) is 2.52. The molecule has 0 spiro atoms. The Kier molecular flexibility index (Phi) is 4.28. The number of hydrogen-bond acceptors (Lipinski definition) is 3. The molecule has 0 aliphatic carbocycles. The average molecular weight is 155 g/mol. The Hall–Kier alpha value is -1.04. The second kappa shape index (κ2) is 4.73. The summed E-state index contributed by atoms with van der Waals surface area (Å²) in [6.07, 6.45) is 0.813. The van der Waals surface area contributed by atoms with Crippen LogP contribution in [-0.4, -0.2) is 13.1 Å². The Morgan fingerprint density at radius 2 is 2.27 bits per heavy atom. The summed E-state index contributed by atoms with van der Waals surface area (Å²) in [5, 5.41) is 8.58. The molecule has 0 N–H and O–H groups in total. The second-order valence-corrected chi connectivity index (χ2v) is 2.52. The summed E-state index contributed by atoms with van der Waals surface area (Å²) >= 11 is 0. The normalized spacial score (nSPS) is 14.7. The Morgan fingerprint density at radius 3 is 2.55 bits per heavy atom. The molecule has 0 amide bonds. The molecule has 0 heterocycles. The molecular formula is C8H13NO2. The molecule has 62 valence electrons. The van der Waals surface area contributed by atoms with E-state index < -0.39 is 11.9 Å². The molecule has 0 aromatic carbocycles. The van der Waals surface area contributed by atoms with Crippen LogP contribution in [-0.2, 0) is 9.53 Å². The summed E-state index contributed by atoms with van der Waals surface area (Å²) in [5.74, 6) is -0.959. The average Bonchev–Trinajstić information content (AvgIpc) is 2.05. The lowest BCUT2D eigenvalue weighted by Crippen LogP contribution is -2.21. The van der Waals surface area contributed by atoms with E-state index in [1.165, 1.54) is 7.11 Å². The van der Waals surface area contributed by atoms with Gasteiger partial charge in [0, 0.05) is 0 Å². The van der Waals surface area contributed by atoms with Gasteiger partial charge in [-0.05, 0) is 5.92 Å². The Morgan fingerprint density at radius 1 is 1.73 bits per heavy atom. The van der Waals surface area contributed by atoms with Crippen LogP contribution in [0.2, 0.25) is 0 Å². The zero-order chi connectivity index (χ0) is 8.85. The van der Waals surface area contributed by atoms with Crippen LogP contribution in [0.25, 0.3) is 0 Å². The van der Waals surface area contributed by atoms with Gasteiger partial charge in [0.1, 0.15) is 5.92 Å². The fraction of sp³-hybridized carbons (Fsp3) is 0.750. The van der Waals surface area contributed by atoms with Gasteiger partial charge in [-0.1, -0.05) is 20.3 Å². The smallest absolute Gasteiger partial charge is 0.323 e. The van der Waals surface area contributed by atoms with Crippen LogP contribution in [0.15, 0.2) is 0 Å². The molecule has 0 radical (unpaired) electrons. The topological polar surface area (TPSA) is 50.1 Å². The highest BCUT2D eigenvalue weighted by Gasteiger charge is 2.23. The lowest BCUT2D eigenvalue weighted by Gasteiger charge is -2.12. The minimum absolute atomic E-state index is 0.0763. The monoisotopic (exact) mass is 155 g/mol. The third-order valence-corrected chi connectivity index (χ3v) is 1.81. The van der Waals surface area contributed by atoms with Crippen molar-refractivity contribution in [1.29, 1.82) is 5.26 Å². The number of nitriles is 1. The van der Waals surface area contributed by atoms with Gasteiger partial charge in [0.25, 0.3) is 0 Å². The number of ether oxygens (including phenoxy) is 1. The summed E-state index contributed by atoms with van der Waals surface area (Å²) in [6.45, 7) is 3.81. The van der Waals surface area contributed by atoms with Crippen LogP contribution in [0.4, 0.5) is 0 Å². The Balaban J connectivity index is 4.18. The van der Waals surface area contributed by atoms with E-state index in [2.05, 4.69) is 4.74 Å². The van der Waals surface area contributed by atoms with Gasteiger partial charge >= 0.3 is 5.97 Å². The van der Waals surface area contributed by atoms with E-state index in [-0.39, 0.29) is 5.92 Å². The summed E-state index contributed by atoms with van der Waals surface area (Å²) in [7, 11) is 1.30. The predicted octanol–water partition coefficient (Wildman–Crippen LogP) is 1.35. The molecule has 3 nitrogen and oxygen atoms in total. The summed E-state index contributed by atoms with van der Waals surface area (Å²) < 4.78 is 4.46. The zero-order valence-electron chi connectivity index (χ0n) is 7.13. The molecule has 2 unspecified atom stereocenters. The van der Waals surface area contributed by atoms with E-state index in [9.17, 15) is 4.79 Å². The van der Waals surface area contributed by atoms with Gasteiger partial charge in [0.15, 0.2) is 0 Å². The van der Waals surface area contributed by atoms with E-state index in [0.29, 0.717) is 0 Å². The fourth-order valence-corrected chi connectivity index (χ4v) is 0.775. The molecule has 0 aliphatic heterocycles. The molecule has 0 aromatic heterocycles. The summed E-state index contributed by atoms with van der Waals surface area (Å²) in [4.78, 5) is 10.9. The van der Waals surface area contributed by atoms with Gasteiger partial charge in [-0.3, -0.25) is 4.79 Å². The number of rotatable bonds is 3. The minimum atomic E-state index is -0.606. The molecular weight excluding hydrogens is 142 g/mol. The van der Waals surface area contributed by atoms with Crippen molar-refractivity contribution in [1.82, 2.24) is 0 Å². The fourth-order valence-electron chi connectivity index (χ4n) is 0.775. The van der Waals surface area contributed by atoms with Crippen molar-refractivity contribution in [2.24, 2.45) is 11.8 Å². The lowest BCUT2D eigenvalue weighted by atomic mass is 9.93. The molecule has 3 heteroatoms. The largest absolute Gasteiger partial charge is 0.468 e. The first-order valence-electron chi connectivity index (χ1n) is 3.64. The zero-order valence-corrected chi connectivity index (χ0v) is 7.13. The maximum absolute atomic E-state index is 10.9. The molecule has 0 bridgehead atoms. The van der Waals surface area contributed by atoms with E-state index in [4.69, 9.17) is 5.26 Å². The summed E-state index contributed by atoms with van der Waals surface area (Å²) in [6, 6.07) is 1.93. The third-order valence-electron chi connectivity index (χ3n) is 1.81. The number of hydrogen-bond donors (Lipinski definition) is 0. The van der Waals surface area contributed by atoms with Crippen molar-refractivity contribution < 1.29 is 9.53 Å². The van der Waals surface area contributed by atoms with Gasteiger partial charge < -0.3 is 4.74 Å². The minimum Gasteiger partial charge on any atom is -0.468 e. The standard InChI is InChI=1S/C8H13NO2/c1-4-6(2)7(5-9)8(10)11-3/h6-7H,4H2,1-3H3. The lowest BCUT2D eigenvalue weighted by molar-refractivity contribution is -0.144.